The van der Waals surface area contributed by atoms with Crippen molar-refractivity contribution in [3.05, 3.63) is 87.6 Å². The Hall–Kier alpha value is -2.15. The molecule has 0 saturated heterocycles. The van der Waals surface area contributed by atoms with Crippen molar-refractivity contribution in [3.8, 4) is 0 Å². The van der Waals surface area contributed by atoms with Crippen molar-refractivity contribution in [2.45, 2.75) is 10.1 Å². The van der Waals surface area contributed by atoms with E-state index in [1.807, 2.05) is 11.4 Å². The van der Waals surface area contributed by atoms with E-state index in [0.717, 1.165) is 0 Å². The van der Waals surface area contributed by atoms with E-state index in [1.165, 1.54) is 23.5 Å². The first-order chi connectivity index (χ1) is 12.5. The summed E-state index contributed by atoms with van der Waals surface area (Å²) in [5, 5.41) is 4.16. The van der Waals surface area contributed by atoms with Crippen molar-refractivity contribution in [2.24, 2.45) is 0 Å². The molecule has 134 valence electrons. The number of carbonyl (C=O) groups excluding carboxylic acids is 1. The SMILES string of the molecule is O=C(NC[C@@H](c1cccs1)S(=O)(=O)c1ccc(Cl)cc1)c1ccccc1. The van der Waals surface area contributed by atoms with Gasteiger partial charge in [-0.15, -0.1) is 11.3 Å². The van der Waals surface area contributed by atoms with Crippen molar-refractivity contribution in [2.75, 3.05) is 6.54 Å². The van der Waals surface area contributed by atoms with Gasteiger partial charge in [0.1, 0.15) is 5.25 Å². The van der Waals surface area contributed by atoms with E-state index in [2.05, 4.69) is 5.32 Å². The fourth-order valence-corrected chi connectivity index (χ4v) is 5.41. The van der Waals surface area contributed by atoms with Crippen molar-refractivity contribution in [3.63, 3.8) is 0 Å². The van der Waals surface area contributed by atoms with Crippen LogP contribution in [0.3, 0.4) is 0 Å². The summed E-state index contributed by atoms with van der Waals surface area (Å²) in [5.41, 5.74) is 0.487. The van der Waals surface area contributed by atoms with Gasteiger partial charge in [-0.1, -0.05) is 35.9 Å². The Bertz CT molecular complexity index is 969. The number of carbonyl (C=O) groups is 1. The molecule has 2 aromatic carbocycles. The van der Waals surface area contributed by atoms with Gasteiger partial charge in [0.05, 0.1) is 4.90 Å². The van der Waals surface area contributed by atoms with Gasteiger partial charge >= 0.3 is 0 Å². The number of nitrogens with one attached hydrogen (secondary N) is 1. The summed E-state index contributed by atoms with van der Waals surface area (Å²) >= 11 is 7.21. The van der Waals surface area contributed by atoms with Crippen LogP contribution in [0.4, 0.5) is 0 Å². The van der Waals surface area contributed by atoms with Crippen LogP contribution in [0, 0.1) is 0 Å². The molecule has 3 rings (SSSR count). The Balaban J connectivity index is 1.86. The lowest BCUT2D eigenvalue weighted by atomic mass is 10.2. The lowest BCUT2D eigenvalue weighted by Crippen LogP contribution is -2.31. The molecule has 1 aromatic heterocycles. The highest BCUT2D eigenvalue weighted by Gasteiger charge is 2.30. The molecule has 0 aliphatic heterocycles. The standard InChI is InChI=1S/C19H16ClNO3S2/c20-15-8-10-16(11-9-15)26(23,24)18(17-7-4-12-25-17)13-21-19(22)14-5-2-1-3-6-14/h1-12,18H,13H2,(H,21,22)/t18-/m0/s1. The smallest absolute Gasteiger partial charge is 0.251 e. The molecule has 0 fully saturated rings. The molecule has 0 aliphatic rings. The Labute approximate surface area is 161 Å². The molecule has 1 heterocycles. The maximum Gasteiger partial charge on any atom is 0.251 e. The number of hydrogen-bond donors (Lipinski definition) is 1. The number of halogens is 1. The first-order valence-corrected chi connectivity index (χ1v) is 10.6. The molecular weight excluding hydrogens is 390 g/mol. The second-order valence-electron chi connectivity index (χ2n) is 5.58. The average Bonchev–Trinajstić information content (AvgIpc) is 3.17. The topological polar surface area (TPSA) is 63.2 Å². The molecule has 0 saturated carbocycles. The number of thiophene rings is 1. The van der Waals surface area contributed by atoms with Gasteiger partial charge in [-0.05, 0) is 47.8 Å². The van der Waals surface area contributed by atoms with Gasteiger partial charge < -0.3 is 5.32 Å². The Morgan fingerprint density at radius 2 is 1.69 bits per heavy atom. The monoisotopic (exact) mass is 405 g/mol. The number of benzene rings is 2. The van der Waals surface area contributed by atoms with E-state index in [1.54, 1.807) is 48.5 Å². The van der Waals surface area contributed by atoms with Gasteiger partial charge in [-0.3, -0.25) is 4.79 Å². The van der Waals surface area contributed by atoms with E-state index in [0.29, 0.717) is 15.5 Å². The fraction of sp³-hybridized carbons (Fsp3) is 0.105. The van der Waals surface area contributed by atoms with Crippen LogP contribution in [-0.4, -0.2) is 20.9 Å². The van der Waals surface area contributed by atoms with Crippen LogP contribution in [0.15, 0.2) is 77.0 Å². The van der Waals surface area contributed by atoms with Gasteiger partial charge in [0.2, 0.25) is 0 Å². The van der Waals surface area contributed by atoms with Gasteiger partial charge in [0.15, 0.2) is 9.84 Å². The summed E-state index contributed by atoms with van der Waals surface area (Å²) in [4.78, 5) is 13.2. The molecule has 4 nitrogen and oxygen atoms in total. The highest BCUT2D eigenvalue weighted by atomic mass is 35.5. The zero-order chi connectivity index (χ0) is 18.6. The summed E-state index contributed by atoms with van der Waals surface area (Å²) in [6.45, 7) is -0.0147. The summed E-state index contributed by atoms with van der Waals surface area (Å²) in [5.74, 6) is -0.307. The number of amides is 1. The third-order valence-electron chi connectivity index (χ3n) is 3.86. The Morgan fingerprint density at radius 3 is 2.31 bits per heavy atom. The predicted molar refractivity (Wildman–Crippen MR) is 104 cm³/mol. The third kappa shape index (κ3) is 4.15. The van der Waals surface area contributed by atoms with Crippen molar-refractivity contribution in [1.29, 1.82) is 0 Å². The second-order valence-corrected chi connectivity index (χ2v) is 9.13. The van der Waals surface area contributed by atoms with Crippen LogP contribution in [0.25, 0.3) is 0 Å². The van der Waals surface area contributed by atoms with Crippen molar-refractivity contribution in [1.82, 2.24) is 5.32 Å². The summed E-state index contributed by atoms with van der Waals surface area (Å²) in [7, 11) is -3.68. The van der Waals surface area contributed by atoms with Crippen LogP contribution in [0.2, 0.25) is 5.02 Å². The first kappa shape index (κ1) is 18.6. The first-order valence-electron chi connectivity index (χ1n) is 7.84. The van der Waals surface area contributed by atoms with Gasteiger partial charge in [-0.2, -0.15) is 0 Å². The maximum absolute atomic E-state index is 13.1. The largest absolute Gasteiger partial charge is 0.350 e. The number of sulfone groups is 1. The maximum atomic E-state index is 13.1. The van der Waals surface area contributed by atoms with E-state index >= 15 is 0 Å². The van der Waals surface area contributed by atoms with Gasteiger partial charge in [0.25, 0.3) is 5.91 Å². The number of hydrogen-bond acceptors (Lipinski definition) is 4. The minimum atomic E-state index is -3.68. The zero-order valence-electron chi connectivity index (χ0n) is 13.6. The minimum absolute atomic E-state index is 0.0147. The molecule has 26 heavy (non-hydrogen) atoms. The van der Waals surface area contributed by atoms with Crippen LogP contribution in [-0.2, 0) is 9.84 Å². The fourth-order valence-electron chi connectivity index (χ4n) is 2.50. The van der Waals surface area contributed by atoms with Crippen LogP contribution < -0.4 is 5.32 Å². The predicted octanol–water partition coefficient (Wildman–Crippen LogP) is 4.35. The number of rotatable bonds is 6. The van der Waals surface area contributed by atoms with Gasteiger partial charge in [-0.25, -0.2) is 8.42 Å². The molecule has 1 N–H and O–H groups in total. The molecule has 3 aromatic rings. The van der Waals surface area contributed by atoms with Gasteiger partial charge in [0, 0.05) is 22.0 Å². The van der Waals surface area contributed by atoms with E-state index in [4.69, 9.17) is 11.6 Å². The highest BCUT2D eigenvalue weighted by Crippen LogP contribution is 2.32. The molecule has 0 bridgehead atoms. The van der Waals surface area contributed by atoms with E-state index in [9.17, 15) is 13.2 Å². The molecule has 0 spiro atoms. The lowest BCUT2D eigenvalue weighted by Gasteiger charge is -2.17. The lowest BCUT2D eigenvalue weighted by molar-refractivity contribution is 0.0953. The summed E-state index contributed by atoms with van der Waals surface area (Å²) < 4.78 is 26.2. The Kier molecular flexibility index (Phi) is 5.76. The molecule has 0 unspecified atom stereocenters. The summed E-state index contributed by atoms with van der Waals surface area (Å²) in [6, 6.07) is 18.3. The third-order valence-corrected chi connectivity index (χ3v) is 7.35. The van der Waals surface area contributed by atoms with Crippen LogP contribution in [0.1, 0.15) is 20.5 Å². The molecule has 1 atom stereocenters. The van der Waals surface area contributed by atoms with E-state index in [-0.39, 0.29) is 17.3 Å². The molecule has 0 radical (unpaired) electrons. The van der Waals surface area contributed by atoms with Crippen LogP contribution >= 0.6 is 22.9 Å². The zero-order valence-corrected chi connectivity index (χ0v) is 16.0. The molecular formula is C19H16ClNO3S2. The van der Waals surface area contributed by atoms with Crippen molar-refractivity contribution >= 4 is 38.7 Å². The quantitative estimate of drug-likeness (QED) is 0.663. The molecule has 1 amide bonds. The normalized spacial score (nSPS) is 12.5. The minimum Gasteiger partial charge on any atom is -0.350 e. The van der Waals surface area contributed by atoms with Crippen LogP contribution in [0.5, 0.6) is 0 Å². The van der Waals surface area contributed by atoms with Crippen molar-refractivity contribution < 1.29 is 13.2 Å². The second kappa shape index (κ2) is 8.03. The molecule has 7 heteroatoms. The van der Waals surface area contributed by atoms with E-state index < -0.39 is 15.1 Å². The average molecular weight is 406 g/mol. The highest BCUT2D eigenvalue weighted by molar-refractivity contribution is 7.91. The molecule has 0 aliphatic carbocycles. The summed E-state index contributed by atoms with van der Waals surface area (Å²) in [6.07, 6.45) is 0. The Morgan fingerprint density at radius 1 is 1.00 bits per heavy atom.